The number of nitrogens with one attached hydrogen (secondary N) is 1. The van der Waals surface area contributed by atoms with Crippen LogP contribution in [-0.4, -0.2) is 24.4 Å². The van der Waals surface area contributed by atoms with Gasteiger partial charge in [0.05, 0.1) is 6.54 Å². The van der Waals surface area contributed by atoms with Crippen LogP contribution in [0, 0.1) is 6.92 Å². The Kier molecular flexibility index (Phi) is 4.77. The molecule has 3 heteroatoms. The van der Waals surface area contributed by atoms with E-state index in [1.807, 2.05) is 68.6 Å². The first-order chi connectivity index (χ1) is 9.65. The Morgan fingerprint density at radius 1 is 1.10 bits per heavy atom. The predicted octanol–water partition coefficient (Wildman–Crippen LogP) is 3.07. The Balaban J connectivity index is 1.85. The van der Waals surface area contributed by atoms with Crippen molar-refractivity contribution in [2.75, 3.05) is 18.9 Å². The lowest BCUT2D eigenvalue weighted by atomic mass is 10.2. The lowest BCUT2D eigenvalue weighted by Crippen LogP contribution is -2.31. The molecule has 0 spiro atoms. The van der Waals surface area contributed by atoms with E-state index < -0.39 is 0 Å². The molecule has 3 nitrogen and oxygen atoms in total. The van der Waals surface area contributed by atoms with Crippen LogP contribution < -0.4 is 5.32 Å². The Hall–Kier alpha value is -2.29. The molecule has 0 atom stereocenters. The minimum absolute atomic E-state index is 0.0790. The second-order valence-electron chi connectivity index (χ2n) is 4.96. The highest BCUT2D eigenvalue weighted by molar-refractivity contribution is 5.80. The van der Waals surface area contributed by atoms with Gasteiger partial charge in [-0.1, -0.05) is 42.5 Å². The molecule has 0 aromatic heterocycles. The second-order valence-corrected chi connectivity index (χ2v) is 4.96. The quantitative estimate of drug-likeness (QED) is 0.904. The van der Waals surface area contributed by atoms with Crippen molar-refractivity contribution >= 4 is 11.6 Å². The lowest BCUT2D eigenvalue weighted by molar-refractivity contribution is -0.128. The summed E-state index contributed by atoms with van der Waals surface area (Å²) < 4.78 is 0. The molecule has 1 N–H and O–H groups in total. The van der Waals surface area contributed by atoms with E-state index in [1.54, 1.807) is 4.90 Å². The zero-order chi connectivity index (χ0) is 14.4. The van der Waals surface area contributed by atoms with Gasteiger partial charge in [-0.3, -0.25) is 4.79 Å². The number of nitrogens with zero attached hydrogens (tertiary/aromatic N) is 1. The maximum absolute atomic E-state index is 12.1. The van der Waals surface area contributed by atoms with Crippen LogP contribution in [-0.2, 0) is 11.3 Å². The predicted molar refractivity (Wildman–Crippen MR) is 82.6 cm³/mol. The van der Waals surface area contributed by atoms with Crippen molar-refractivity contribution in [1.29, 1.82) is 0 Å². The van der Waals surface area contributed by atoms with Crippen LogP contribution in [0.25, 0.3) is 0 Å². The molecule has 0 unspecified atom stereocenters. The molecule has 0 radical (unpaired) electrons. The zero-order valence-corrected chi connectivity index (χ0v) is 12.0. The average molecular weight is 268 g/mol. The highest BCUT2D eigenvalue weighted by atomic mass is 16.2. The fourth-order valence-corrected chi connectivity index (χ4v) is 2.01. The van der Waals surface area contributed by atoms with Gasteiger partial charge >= 0.3 is 0 Å². The van der Waals surface area contributed by atoms with Crippen molar-refractivity contribution in [3.63, 3.8) is 0 Å². The van der Waals surface area contributed by atoms with Crippen LogP contribution in [0.4, 0.5) is 5.69 Å². The van der Waals surface area contributed by atoms with Crippen molar-refractivity contribution in [3.05, 3.63) is 65.7 Å². The summed E-state index contributed by atoms with van der Waals surface area (Å²) >= 11 is 0. The molecular weight excluding hydrogens is 248 g/mol. The molecule has 1 amide bonds. The Morgan fingerprint density at radius 3 is 2.55 bits per heavy atom. The third-order valence-electron chi connectivity index (χ3n) is 3.15. The summed E-state index contributed by atoms with van der Waals surface area (Å²) in [6.07, 6.45) is 0. The fourth-order valence-electron chi connectivity index (χ4n) is 2.01. The SMILES string of the molecule is Cc1cccc(NCC(=O)N(C)Cc2ccccc2)c1. The standard InChI is InChI=1S/C17H20N2O/c1-14-7-6-10-16(11-14)18-12-17(20)19(2)13-15-8-4-3-5-9-15/h3-11,18H,12-13H2,1-2H3. The van der Waals surface area contributed by atoms with Crippen LogP contribution in [0.2, 0.25) is 0 Å². The van der Waals surface area contributed by atoms with E-state index in [1.165, 1.54) is 5.56 Å². The Bertz CT molecular complexity index is 566. The molecular formula is C17H20N2O. The first-order valence-electron chi connectivity index (χ1n) is 6.73. The summed E-state index contributed by atoms with van der Waals surface area (Å²) in [5, 5.41) is 3.16. The number of likely N-dealkylation sites (N-methyl/N-ethyl adjacent to an activating group) is 1. The van der Waals surface area contributed by atoms with E-state index in [0.717, 1.165) is 11.3 Å². The van der Waals surface area contributed by atoms with Crippen molar-refractivity contribution in [1.82, 2.24) is 4.90 Å². The van der Waals surface area contributed by atoms with Crippen LogP contribution in [0.3, 0.4) is 0 Å². The van der Waals surface area contributed by atoms with Crippen molar-refractivity contribution < 1.29 is 4.79 Å². The largest absolute Gasteiger partial charge is 0.376 e. The molecule has 2 aromatic rings. The molecule has 0 saturated carbocycles. The molecule has 0 bridgehead atoms. The fraction of sp³-hybridized carbons (Fsp3) is 0.235. The highest BCUT2D eigenvalue weighted by Crippen LogP contribution is 2.09. The second kappa shape index (κ2) is 6.75. The summed E-state index contributed by atoms with van der Waals surface area (Å²) in [6.45, 7) is 2.98. The third kappa shape index (κ3) is 4.12. The van der Waals surface area contributed by atoms with Crippen LogP contribution in [0.1, 0.15) is 11.1 Å². The van der Waals surface area contributed by atoms with Gasteiger partial charge in [0.25, 0.3) is 0 Å². The number of hydrogen-bond donors (Lipinski definition) is 1. The van der Waals surface area contributed by atoms with E-state index in [2.05, 4.69) is 5.32 Å². The monoisotopic (exact) mass is 268 g/mol. The molecule has 20 heavy (non-hydrogen) atoms. The van der Waals surface area contributed by atoms with E-state index in [9.17, 15) is 4.79 Å². The van der Waals surface area contributed by atoms with Gasteiger partial charge in [0.1, 0.15) is 0 Å². The number of aryl methyl sites for hydroxylation is 1. The molecule has 2 aromatic carbocycles. The molecule has 104 valence electrons. The van der Waals surface area contributed by atoms with Gasteiger partial charge < -0.3 is 10.2 Å². The summed E-state index contributed by atoms with van der Waals surface area (Å²) in [4.78, 5) is 13.8. The van der Waals surface area contributed by atoms with Crippen molar-refractivity contribution in [2.24, 2.45) is 0 Å². The first-order valence-corrected chi connectivity index (χ1v) is 6.73. The van der Waals surface area contributed by atoms with Gasteiger partial charge in [0.15, 0.2) is 0 Å². The summed E-state index contributed by atoms with van der Waals surface area (Å²) in [5.74, 6) is 0.0790. The van der Waals surface area contributed by atoms with Crippen LogP contribution in [0.15, 0.2) is 54.6 Å². The zero-order valence-electron chi connectivity index (χ0n) is 12.0. The van der Waals surface area contributed by atoms with Gasteiger partial charge in [-0.05, 0) is 30.2 Å². The van der Waals surface area contributed by atoms with Gasteiger partial charge in [0, 0.05) is 19.3 Å². The van der Waals surface area contributed by atoms with Gasteiger partial charge in [-0.25, -0.2) is 0 Å². The van der Waals surface area contributed by atoms with E-state index in [0.29, 0.717) is 13.1 Å². The summed E-state index contributed by atoms with van der Waals surface area (Å²) in [7, 11) is 1.83. The normalized spacial score (nSPS) is 10.1. The minimum Gasteiger partial charge on any atom is -0.376 e. The summed E-state index contributed by atoms with van der Waals surface area (Å²) in [5.41, 5.74) is 3.30. The van der Waals surface area contributed by atoms with Crippen LogP contribution >= 0.6 is 0 Å². The van der Waals surface area contributed by atoms with E-state index in [-0.39, 0.29) is 5.91 Å². The topological polar surface area (TPSA) is 32.3 Å². The number of hydrogen-bond acceptors (Lipinski definition) is 2. The third-order valence-corrected chi connectivity index (χ3v) is 3.15. The number of carbonyl (C=O) groups excluding carboxylic acids is 1. The number of amides is 1. The number of carbonyl (C=O) groups is 1. The van der Waals surface area contributed by atoms with Crippen LogP contribution in [0.5, 0.6) is 0 Å². The van der Waals surface area contributed by atoms with Gasteiger partial charge in [0.2, 0.25) is 5.91 Å². The Labute approximate surface area is 120 Å². The van der Waals surface area contributed by atoms with Crippen molar-refractivity contribution in [2.45, 2.75) is 13.5 Å². The maximum atomic E-state index is 12.1. The maximum Gasteiger partial charge on any atom is 0.241 e. The molecule has 0 heterocycles. The van der Waals surface area contributed by atoms with Gasteiger partial charge in [-0.2, -0.15) is 0 Å². The Morgan fingerprint density at radius 2 is 1.85 bits per heavy atom. The molecule has 0 saturated heterocycles. The summed E-state index contributed by atoms with van der Waals surface area (Å²) in [6, 6.07) is 18.0. The van der Waals surface area contributed by atoms with Crippen molar-refractivity contribution in [3.8, 4) is 0 Å². The smallest absolute Gasteiger partial charge is 0.241 e. The minimum atomic E-state index is 0.0790. The first kappa shape index (κ1) is 14.1. The highest BCUT2D eigenvalue weighted by Gasteiger charge is 2.08. The molecule has 2 rings (SSSR count). The molecule has 0 aliphatic carbocycles. The number of rotatable bonds is 5. The molecule has 0 fully saturated rings. The number of anilines is 1. The average Bonchev–Trinajstić information content (AvgIpc) is 2.46. The lowest BCUT2D eigenvalue weighted by Gasteiger charge is -2.18. The molecule has 0 aliphatic rings. The molecule has 0 aliphatic heterocycles. The van der Waals surface area contributed by atoms with E-state index >= 15 is 0 Å². The van der Waals surface area contributed by atoms with E-state index in [4.69, 9.17) is 0 Å². The van der Waals surface area contributed by atoms with Gasteiger partial charge in [-0.15, -0.1) is 0 Å². The number of benzene rings is 2.